The summed E-state index contributed by atoms with van der Waals surface area (Å²) in [6, 6.07) is 0. The van der Waals surface area contributed by atoms with Crippen molar-refractivity contribution in [1.29, 1.82) is 0 Å². The third-order valence-corrected chi connectivity index (χ3v) is 2.40. The van der Waals surface area contributed by atoms with Gasteiger partial charge in [-0.15, -0.1) is 0 Å². The minimum atomic E-state index is -0.0700. The molecule has 7 heteroatoms. The normalized spacial score (nSPS) is 10.4. The van der Waals surface area contributed by atoms with E-state index in [1.54, 1.807) is 17.2 Å². The van der Waals surface area contributed by atoms with Crippen LogP contribution >= 0.6 is 0 Å². The molecule has 0 atom stereocenters. The van der Waals surface area contributed by atoms with Crippen LogP contribution in [0.5, 0.6) is 0 Å². The van der Waals surface area contributed by atoms with Gasteiger partial charge < -0.3 is 5.32 Å². The second kappa shape index (κ2) is 5.24. The lowest BCUT2D eigenvalue weighted by Crippen LogP contribution is -2.15. The van der Waals surface area contributed by atoms with Crippen LogP contribution in [-0.4, -0.2) is 30.9 Å². The first-order valence-electron chi connectivity index (χ1n) is 5.44. The van der Waals surface area contributed by atoms with Gasteiger partial charge in [-0.1, -0.05) is 6.92 Å². The molecule has 0 saturated carbocycles. The molecule has 2 aromatic heterocycles. The van der Waals surface area contributed by atoms with Crippen molar-refractivity contribution in [1.82, 2.24) is 25.0 Å². The van der Waals surface area contributed by atoms with Gasteiger partial charge in [0.1, 0.15) is 18.5 Å². The molecule has 1 amide bonds. The van der Waals surface area contributed by atoms with Crippen molar-refractivity contribution < 1.29 is 4.79 Å². The highest BCUT2D eigenvalue weighted by Crippen LogP contribution is 2.11. The number of aromatic nitrogens is 5. The SMILES string of the molecule is CCc1cn[nH]c1NC(=O)CCn1cncn1. The average Bonchev–Trinajstić information content (AvgIpc) is 2.97. The largest absolute Gasteiger partial charge is 0.311 e. The second-order valence-corrected chi connectivity index (χ2v) is 3.58. The summed E-state index contributed by atoms with van der Waals surface area (Å²) >= 11 is 0. The van der Waals surface area contributed by atoms with Crippen molar-refractivity contribution in [2.45, 2.75) is 26.3 Å². The van der Waals surface area contributed by atoms with Crippen LogP contribution in [0.4, 0.5) is 5.82 Å². The quantitative estimate of drug-likeness (QED) is 0.792. The maximum absolute atomic E-state index is 11.7. The number of aromatic amines is 1. The van der Waals surface area contributed by atoms with E-state index in [2.05, 4.69) is 25.6 Å². The molecule has 0 saturated heterocycles. The van der Waals surface area contributed by atoms with E-state index in [0.717, 1.165) is 12.0 Å². The Morgan fingerprint density at radius 1 is 1.59 bits per heavy atom. The molecule has 17 heavy (non-hydrogen) atoms. The lowest BCUT2D eigenvalue weighted by atomic mass is 10.2. The number of aryl methyl sites for hydroxylation is 2. The molecule has 2 aromatic rings. The Morgan fingerprint density at radius 3 is 3.18 bits per heavy atom. The van der Waals surface area contributed by atoms with E-state index in [-0.39, 0.29) is 5.91 Å². The molecule has 0 aliphatic carbocycles. The topological polar surface area (TPSA) is 88.5 Å². The fourth-order valence-corrected chi connectivity index (χ4v) is 1.45. The molecular formula is C10H14N6O. The van der Waals surface area contributed by atoms with Gasteiger partial charge in [0.2, 0.25) is 5.91 Å². The standard InChI is InChI=1S/C10H14N6O/c1-2-8-5-12-15-10(8)14-9(17)3-4-16-7-11-6-13-16/h5-7H,2-4H2,1H3,(H2,12,14,15,17). The van der Waals surface area contributed by atoms with Crippen molar-refractivity contribution >= 4 is 11.7 Å². The first-order chi connectivity index (χ1) is 8.29. The number of rotatable bonds is 5. The zero-order chi connectivity index (χ0) is 12.1. The van der Waals surface area contributed by atoms with E-state index in [1.165, 1.54) is 6.33 Å². The zero-order valence-corrected chi connectivity index (χ0v) is 9.55. The Bertz CT molecular complexity index is 475. The van der Waals surface area contributed by atoms with Crippen molar-refractivity contribution in [3.05, 3.63) is 24.4 Å². The van der Waals surface area contributed by atoms with Gasteiger partial charge in [-0.2, -0.15) is 10.2 Å². The second-order valence-electron chi connectivity index (χ2n) is 3.58. The molecule has 0 aromatic carbocycles. The lowest BCUT2D eigenvalue weighted by Gasteiger charge is -2.04. The van der Waals surface area contributed by atoms with Crippen LogP contribution in [0.3, 0.4) is 0 Å². The summed E-state index contributed by atoms with van der Waals surface area (Å²) in [5.41, 5.74) is 0.999. The molecule has 90 valence electrons. The number of H-pyrrole nitrogens is 1. The molecule has 0 aliphatic rings. The lowest BCUT2D eigenvalue weighted by molar-refractivity contribution is -0.116. The zero-order valence-electron chi connectivity index (χ0n) is 9.55. The predicted octanol–water partition coefficient (Wildman–Crippen LogP) is 0.592. The number of carbonyl (C=O) groups is 1. The van der Waals surface area contributed by atoms with E-state index >= 15 is 0 Å². The first kappa shape index (κ1) is 11.3. The highest BCUT2D eigenvalue weighted by atomic mass is 16.1. The highest BCUT2D eigenvalue weighted by Gasteiger charge is 2.07. The number of nitrogens with zero attached hydrogens (tertiary/aromatic N) is 4. The third kappa shape index (κ3) is 2.90. The minimum Gasteiger partial charge on any atom is -0.311 e. The number of hydrogen-bond acceptors (Lipinski definition) is 4. The number of anilines is 1. The number of hydrogen-bond donors (Lipinski definition) is 2. The summed E-state index contributed by atoms with van der Waals surface area (Å²) in [7, 11) is 0. The van der Waals surface area contributed by atoms with E-state index in [9.17, 15) is 4.79 Å². The van der Waals surface area contributed by atoms with E-state index in [0.29, 0.717) is 18.8 Å². The van der Waals surface area contributed by atoms with Crippen LogP contribution in [0, 0.1) is 0 Å². The smallest absolute Gasteiger partial charge is 0.227 e. The molecule has 7 nitrogen and oxygen atoms in total. The maximum atomic E-state index is 11.7. The maximum Gasteiger partial charge on any atom is 0.227 e. The molecule has 2 heterocycles. The monoisotopic (exact) mass is 234 g/mol. The number of carbonyl (C=O) groups excluding carboxylic acids is 1. The molecule has 0 aliphatic heterocycles. The Hall–Kier alpha value is -2.18. The fraction of sp³-hybridized carbons (Fsp3) is 0.400. The van der Waals surface area contributed by atoms with Crippen molar-refractivity contribution in [3.63, 3.8) is 0 Å². The van der Waals surface area contributed by atoms with Crippen LogP contribution < -0.4 is 5.32 Å². The Kier molecular flexibility index (Phi) is 3.49. The first-order valence-corrected chi connectivity index (χ1v) is 5.44. The summed E-state index contributed by atoms with van der Waals surface area (Å²) in [5.74, 6) is 0.607. The van der Waals surface area contributed by atoms with Crippen LogP contribution in [0.15, 0.2) is 18.9 Å². The van der Waals surface area contributed by atoms with E-state index in [1.807, 2.05) is 6.92 Å². The molecule has 0 spiro atoms. The van der Waals surface area contributed by atoms with Gasteiger partial charge in [0.25, 0.3) is 0 Å². The summed E-state index contributed by atoms with van der Waals surface area (Å²) < 4.78 is 1.62. The van der Waals surface area contributed by atoms with E-state index < -0.39 is 0 Å². The molecule has 2 rings (SSSR count). The van der Waals surface area contributed by atoms with Crippen LogP contribution in [0.25, 0.3) is 0 Å². The van der Waals surface area contributed by atoms with Gasteiger partial charge in [0, 0.05) is 12.0 Å². The fourth-order valence-electron chi connectivity index (χ4n) is 1.45. The molecular weight excluding hydrogens is 220 g/mol. The highest BCUT2D eigenvalue weighted by molar-refractivity contribution is 5.90. The summed E-state index contributed by atoms with van der Waals surface area (Å²) in [5, 5.41) is 13.4. The van der Waals surface area contributed by atoms with Gasteiger partial charge in [0.05, 0.1) is 12.7 Å². The van der Waals surface area contributed by atoms with Gasteiger partial charge in [0.15, 0.2) is 0 Å². The van der Waals surface area contributed by atoms with Gasteiger partial charge in [-0.05, 0) is 6.42 Å². The summed E-state index contributed by atoms with van der Waals surface area (Å²) in [6.45, 7) is 2.53. The predicted molar refractivity (Wildman–Crippen MR) is 61.2 cm³/mol. The molecule has 0 radical (unpaired) electrons. The minimum absolute atomic E-state index is 0.0700. The van der Waals surface area contributed by atoms with Crippen LogP contribution in [-0.2, 0) is 17.8 Å². The number of nitrogens with one attached hydrogen (secondary N) is 2. The van der Waals surface area contributed by atoms with Crippen molar-refractivity contribution in [2.24, 2.45) is 0 Å². The summed E-state index contributed by atoms with van der Waals surface area (Å²) in [6.07, 6.45) is 5.93. The van der Waals surface area contributed by atoms with Crippen molar-refractivity contribution in [2.75, 3.05) is 5.32 Å². The van der Waals surface area contributed by atoms with Crippen LogP contribution in [0.2, 0.25) is 0 Å². The third-order valence-electron chi connectivity index (χ3n) is 2.40. The molecule has 0 fully saturated rings. The van der Waals surface area contributed by atoms with Crippen LogP contribution in [0.1, 0.15) is 18.9 Å². The van der Waals surface area contributed by atoms with E-state index in [4.69, 9.17) is 0 Å². The average molecular weight is 234 g/mol. The molecule has 2 N–H and O–H groups in total. The van der Waals surface area contributed by atoms with Gasteiger partial charge in [-0.25, -0.2) is 4.98 Å². The molecule has 0 bridgehead atoms. The van der Waals surface area contributed by atoms with Gasteiger partial charge in [-0.3, -0.25) is 14.6 Å². The Balaban J connectivity index is 1.85. The van der Waals surface area contributed by atoms with Gasteiger partial charge >= 0.3 is 0 Å². The Morgan fingerprint density at radius 2 is 2.47 bits per heavy atom. The summed E-state index contributed by atoms with van der Waals surface area (Å²) in [4.78, 5) is 15.5. The van der Waals surface area contributed by atoms with Crippen molar-refractivity contribution in [3.8, 4) is 0 Å². The Labute approximate surface area is 98.2 Å². The number of amides is 1. The molecule has 0 unspecified atom stereocenters.